The molecule has 0 atom stereocenters. The number of benzene rings is 3. The maximum absolute atomic E-state index is 12.0. The number of carbonyl (C=O) groups excluding carboxylic acids is 1. The van der Waals surface area contributed by atoms with Crippen LogP contribution in [0, 0.1) is 0 Å². The molecular weight excluding hydrogens is 498 g/mol. The first-order chi connectivity index (χ1) is 14.9. The summed E-state index contributed by atoms with van der Waals surface area (Å²) in [5.74, 6) is 0.326. The molecule has 0 aliphatic rings. The molecule has 0 radical (unpaired) electrons. The molecule has 1 amide bonds. The highest BCUT2D eigenvalue weighted by Gasteiger charge is 2.11. The van der Waals surface area contributed by atoms with Gasteiger partial charge in [0.05, 0.1) is 22.0 Å². The number of nitrogens with one attached hydrogen (secondary N) is 1. The van der Waals surface area contributed by atoms with E-state index in [0.29, 0.717) is 31.4 Å². The second-order valence-electron chi connectivity index (χ2n) is 6.23. The fourth-order valence-corrected chi connectivity index (χ4v) is 4.07. The third-order valence-electron chi connectivity index (χ3n) is 3.94. The Morgan fingerprint density at radius 1 is 0.968 bits per heavy atom. The summed E-state index contributed by atoms with van der Waals surface area (Å²) in [6.07, 6.45) is 1.46. The molecule has 0 fully saturated rings. The van der Waals surface area contributed by atoms with Crippen molar-refractivity contribution in [1.82, 2.24) is 5.43 Å². The van der Waals surface area contributed by atoms with Crippen LogP contribution in [0.3, 0.4) is 0 Å². The Morgan fingerprint density at radius 2 is 1.65 bits per heavy atom. The third-order valence-corrected chi connectivity index (χ3v) is 6.13. The van der Waals surface area contributed by atoms with Crippen LogP contribution in [0.2, 0.25) is 20.1 Å². The van der Waals surface area contributed by atoms with Crippen molar-refractivity contribution in [3.8, 4) is 5.75 Å². The van der Waals surface area contributed by atoms with E-state index in [1.54, 1.807) is 30.3 Å². The molecule has 0 spiro atoms. The summed E-state index contributed by atoms with van der Waals surface area (Å²) < 4.78 is 5.74. The Hall–Kier alpha value is -1.89. The molecule has 0 heterocycles. The number of hydrogen-bond acceptors (Lipinski definition) is 4. The molecule has 31 heavy (non-hydrogen) atoms. The number of thioether (sulfide) groups is 1. The lowest BCUT2D eigenvalue weighted by Crippen LogP contribution is -2.19. The first kappa shape index (κ1) is 23.8. The maximum Gasteiger partial charge on any atom is 0.250 e. The van der Waals surface area contributed by atoms with Gasteiger partial charge in [0.25, 0.3) is 0 Å². The average molecular weight is 514 g/mol. The average Bonchev–Trinajstić information content (AvgIpc) is 2.74. The van der Waals surface area contributed by atoms with E-state index in [9.17, 15) is 4.79 Å². The first-order valence-electron chi connectivity index (χ1n) is 8.98. The van der Waals surface area contributed by atoms with Crippen LogP contribution in [0.4, 0.5) is 0 Å². The Balaban J connectivity index is 1.54. The van der Waals surface area contributed by atoms with Gasteiger partial charge < -0.3 is 4.74 Å². The van der Waals surface area contributed by atoms with E-state index in [-0.39, 0.29) is 18.3 Å². The number of halogens is 4. The molecule has 0 saturated heterocycles. The second-order valence-corrected chi connectivity index (χ2v) is 8.94. The summed E-state index contributed by atoms with van der Waals surface area (Å²) in [5, 5.41) is 5.85. The van der Waals surface area contributed by atoms with Crippen molar-refractivity contribution in [2.75, 3.05) is 5.75 Å². The Morgan fingerprint density at radius 3 is 2.32 bits per heavy atom. The highest BCUT2D eigenvalue weighted by atomic mass is 35.5. The van der Waals surface area contributed by atoms with Crippen LogP contribution in [0.25, 0.3) is 0 Å². The van der Waals surface area contributed by atoms with E-state index in [4.69, 9.17) is 51.1 Å². The van der Waals surface area contributed by atoms with Gasteiger partial charge in [-0.1, -0.05) is 64.6 Å². The molecule has 0 saturated carbocycles. The van der Waals surface area contributed by atoms with Gasteiger partial charge in [-0.05, 0) is 48.0 Å². The minimum Gasteiger partial charge on any atom is -0.486 e. The minimum atomic E-state index is -0.243. The summed E-state index contributed by atoms with van der Waals surface area (Å²) in [6.45, 7) is 0.230. The number of nitrogens with zero attached hydrogens (tertiary/aromatic N) is 1. The first-order valence-corrected chi connectivity index (χ1v) is 11.5. The van der Waals surface area contributed by atoms with Crippen LogP contribution >= 0.6 is 58.2 Å². The van der Waals surface area contributed by atoms with Gasteiger partial charge in [-0.25, -0.2) is 5.43 Å². The highest BCUT2D eigenvalue weighted by Crippen LogP contribution is 2.34. The number of ether oxygens (including phenoxy) is 1. The van der Waals surface area contributed by atoms with Crippen molar-refractivity contribution in [3.05, 3.63) is 91.9 Å². The van der Waals surface area contributed by atoms with E-state index >= 15 is 0 Å². The van der Waals surface area contributed by atoms with Gasteiger partial charge in [0, 0.05) is 20.5 Å². The zero-order valence-electron chi connectivity index (χ0n) is 15.9. The molecule has 4 nitrogen and oxygen atoms in total. The second kappa shape index (κ2) is 11.7. The monoisotopic (exact) mass is 512 g/mol. The van der Waals surface area contributed by atoms with E-state index < -0.39 is 0 Å². The number of hydrazone groups is 1. The van der Waals surface area contributed by atoms with Gasteiger partial charge in [0.1, 0.15) is 6.61 Å². The lowest BCUT2D eigenvalue weighted by molar-refractivity contribution is -0.118. The largest absolute Gasteiger partial charge is 0.486 e. The zero-order valence-corrected chi connectivity index (χ0v) is 19.8. The van der Waals surface area contributed by atoms with Crippen LogP contribution in [0.15, 0.2) is 70.7 Å². The minimum absolute atomic E-state index is 0.218. The van der Waals surface area contributed by atoms with Crippen LogP contribution in [-0.4, -0.2) is 17.9 Å². The van der Waals surface area contributed by atoms with Crippen LogP contribution in [0.1, 0.15) is 11.1 Å². The summed E-state index contributed by atoms with van der Waals surface area (Å²) in [4.78, 5) is 12.9. The fraction of sp³-hybridized carbons (Fsp3) is 0.0909. The topological polar surface area (TPSA) is 50.7 Å². The quantitative estimate of drug-likeness (QED) is 0.198. The number of carbonyl (C=O) groups is 1. The molecule has 0 aliphatic heterocycles. The molecule has 3 aromatic carbocycles. The van der Waals surface area contributed by atoms with Crippen molar-refractivity contribution in [3.63, 3.8) is 0 Å². The van der Waals surface area contributed by atoms with Gasteiger partial charge in [-0.3, -0.25) is 4.79 Å². The van der Waals surface area contributed by atoms with Crippen LogP contribution in [-0.2, 0) is 11.4 Å². The smallest absolute Gasteiger partial charge is 0.250 e. The van der Waals surface area contributed by atoms with Gasteiger partial charge >= 0.3 is 0 Å². The lowest BCUT2D eigenvalue weighted by Gasteiger charge is -2.11. The van der Waals surface area contributed by atoms with Gasteiger partial charge in [0.15, 0.2) is 5.75 Å². The molecule has 3 rings (SSSR count). The summed E-state index contributed by atoms with van der Waals surface area (Å²) in [6, 6.07) is 17.9. The van der Waals surface area contributed by atoms with Crippen molar-refractivity contribution in [1.29, 1.82) is 0 Å². The SMILES string of the molecule is O=C(CSc1ccc(Cl)cc1)N/N=C\c1cc(Cl)c(OCc2ccccc2Cl)c(Cl)c1. The van der Waals surface area contributed by atoms with Crippen LogP contribution < -0.4 is 10.2 Å². The maximum atomic E-state index is 12.0. The number of rotatable bonds is 8. The van der Waals surface area contributed by atoms with Crippen molar-refractivity contribution in [2.45, 2.75) is 11.5 Å². The van der Waals surface area contributed by atoms with Crippen molar-refractivity contribution < 1.29 is 9.53 Å². The van der Waals surface area contributed by atoms with Gasteiger partial charge in [0.2, 0.25) is 5.91 Å². The Bertz CT molecular complexity index is 1070. The molecule has 9 heteroatoms. The number of hydrogen-bond donors (Lipinski definition) is 1. The zero-order chi connectivity index (χ0) is 22.2. The predicted molar refractivity (Wildman–Crippen MR) is 130 cm³/mol. The summed E-state index contributed by atoms with van der Waals surface area (Å²) in [5.41, 5.74) is 3.91. The highest BCUT2D eigenvalue weighted by molar-refractivity contribution is 8.00. The summed E-state index contributed by atoms with van der Waals surface area (Å²) in [7, 11) is 0. The number of amides is 1. The normalized spacial score (nSPS) is 11.0. The lowest BCUT2D eigenvalue weighted by atomic mass is 10.2. The molecule has 160 valence electrons. The fourth-order valence-electron chi connectivity index (χ4n) is 2.45. The molecule has 3 aromatic rings. The molecule has 1 N–H and O–H groups in total. The molecule has 0 unspecified atom stereocenters. The standard InChI is InChI=1S/C22H16Cl4N2O2S/c23-16-5-7-17(8-6-16)31-13-21(29)28-27-11-14-9-19(25)22(20(26)10-14)30-12-15-3-1-2-4-18(15)24/h1-11H,12-13H2,(H,28,29)/b27-11-. The van der Waals surface area contributed by atoms with Gasteiger partial charge in [-0.15, -0.1) is 11.8 Å². The Kier molecular flexibility index (Phi) is 8.93. The van der Waals surface area contributed by atoms with Crippen molar-refractivity contribution in [2.24, 2.45) is 5.10 Å². The Labute approximate surface area is 204 Å². The third kappa shape index (κ3) is 7.34. The molecule has 0 aliphatic carbocycles. The summed E-state index contributed by atoms with van der Waals surface area (Å²) >= 11 is 26.0. The van der Waals surface area contributed by atoms with E-state index in [2.05, 4.69) is 10.5 Å². The van der Waals surface area contributed by atoms with E-state index in [1.807, 2.05) is 30.3 Å². The molecule has 0 aromatic heterocycles. The molecular formula is C22H16Cl4N2O2S. The van der Waals surface area contributed by atoms with Crippen molar-refractivity contribution >= 4 is 70.3 Å². The van der Waals surface area contributed by atoms with Gasteiger partial charge in [-0.2, -0.15) is 5.10 Å². The van der Waals surface area contributed by atoms with Crippen LogP contribution in [0.5, 0.6) is 5.75 Å². The van der Waals surface area contributed by atoms with E-state index in [1.165, 1.54) is 18.0 Å². The van der Waals surface area contributed by atoms with E-state index in [0.717, 1.165) is 10.5 Å². The molecule has 0 bridgehead atoms. The predicted octanol–water partition coefficient (Wildman–Crippen LogP) is 7.12.